The third-order valence-corrected chi connectivity index (χ3v) is 4.09. The van der Waals surface area contributed by atoms with Crippen LogP contribution in [0.15, 0.2) is 42.6 Å². The number of carboxylic acids is 1. The zero-order valence-electron chi connectivity index (χ0n) is 16.2. The molecule has 2 N–H and O–H groups in total. The molecule has 1 heterocycles. The maximum absolute atomic E-state index is 11.0. The van der Waals surface area contributed by atoms with Gasteiger partial charge in [-0.2, -0.15) is 0 Å². The minimum atomic E-state index is -0.786. The molecule has 2 rings (SSSR count). The number of nitrogens with one attached hydrogen (secondary N) is 1. The Morgan fingerprint density at radius 3 is 2.70 bits per heavy atom. The minimum absolute atomic E-state index is 0.122. The van der Waals surface area contributed by atoms with Crippen LogP contribution in [0.4, 0.5) is 5.82 Å². The zero-order valence-corrected chi connectivity index (χ0v) is 16.2. The van der Waals surface area contributed by atoms with E-state index >= 15 is 0 Å². The molecule has 0 bridgehead atoms. The summed E-state index contributed by atoms with van der Waals surface area (Å²) >= 11 is 0. The Kier molecular flexibility index (Phi) is 7.46. The molecule has 0 aliphatic rings. The lowest BCUT2D eigenvalue weighted by Gasteiger charge is -2.23. The molecular formula is C21H28N2O4. The number of aromatic nitrogens is 1. The smallest absolute Gasteiger partial charge is 0.303 e. The monoisotopic (exact) mass is 372 g/mol. The fraction of sp³-hybridized carbons (Fsp3) is 0.429. The fourth-order valence-corrected chi connectivity index (χ4v) is 2.90. The Balaban J connectivity index is 1.85. The summed E-state index contributed by atoms with van der Waals surface area (Å²) in [4.78, 5) is 15.2. The fourth-order valence-electron chi connectivity index (χ4n) is 2.90. The SMILES string of the molecule is COc1cc(CC(C)(C)CC(=O)O)ccc1OCCCNc1ccccn1. The van der Waals surface area contributed by atoms with Crippen LogP contribution in [0.5, 0.6) is 11.5 Å². The average molecular weight is 372 g/mol. The quantitative estimate of drug-likeness (QED) is 0.580. The summed E-state index contributed by atoms with van der Waals surface area (Å²) < 4.78 is 11.3. The average Bonchev–Trinajstić information content (AvgIpc) is 2.61. The predicted molar refractivity (Wildman–Crippen MR) is 106 cm³/mol. The van der Waals surface area contributed by atoms with Crippen molar-refractivity contribution in [1.82, 2.24) is 4.98 Å². The summed E-state index contributed by atoms with van der Waals surface area (Å²) in [5.74, 6) is 1.42. The van der Waals surface area contributed by atoms with E-state index in [-0.39, 0.29) is 11.8 Å². The van der Waals surface area contributed by atoms with Crippen LogP contribution in [0.25, 0.3) is 0 Å². The van der Waals surface area contributed by atoms with Crippen molar-refractivity contribution in [1.29, 1.82) is 0 Å². The number of pyridine rings is 1. The van der Waals surface area contributed by atoms with E-state index in [9.17, 15) is 4.79 Å². The number of carboxylic acid groups (broad SMARTS) is 1. The van der Waals surface area contributed by atoms with Gasteiger partial charge in [-0.25, -0.2) is 4.98 Å². The van der Waals surface area contributed by atoms with Crippen LogP contribution in [0.1, 0.15) is 32.3 Å². The summed E-state index contributed by atoms with van der Waals surface area (Å²) in [7, 11) is 1.61. The number of nitrogens with zero attached hydrogens (tertiary/aromatic N) is 1. The third kappa shape index (κ3) is 7.17. The molecule has 6 nitrogen and oxygen atoms in total. The molecule has 0 saturated carbocycles. The summed E-state index contributed by atoms with van der Waals surface area (Å²) in [5, 5.41) is 12.3. The molecule has 146 valence electrons. The zero-order chi connectivity index (χ0) is 19.7. The van der Waals surface area contributed by atoms with Crippen molar-refractivity contribution >= 4 is 11.8 Å². The second kappa shape index (κ2) is 9.80. The molecule has 0 amide bonds. The van der Waals surface area contributed by atoms with Crippen LogP contribution in [-0.2, 0) is 11.2 Å². The van der Waals surface area contributed by atoms with Gasteiger partial charge in [-0.3, -0.25) is 4.79 Å². The lowest BCUT2D eigenvalue weighted by atomic mass is 9.82. The van der Waals surface area contributed by atoms with Gasteiger partial charge in [0.15, 0.2) is 11.5 Å². The molecule has 1 aromatic heterocycles. The second-order valence-electron chi connectivity index (χ2n) is 7.24. The van der Waals surface area contributed by atoms with Crippen molar-refractivity contribution in [2.45, 2.75) is 33.1 Å². The van der Waals surface area contributed by atoms with Gasteiger partial charge >= 0.3 is 5.97 Å². The maximum Gasteiger partial charge on any atom is 0.303 e. The van der Waals surface area contributed by atoms with E-state index in [1.54, 1.807) is 13.3 Å². The number of rotatable bonds is 11. The molecule has 0 fully saturated rings. The number of methoxy groups -OCH3 is 1. The van der Waals surface area contributed by atoms with Crippen molar-refractivity contribution in [3.63, 3.8) is 0 Å². The first-order valence-corrected chi connectivity index (χ1v) is 9.06. The Hall–Kier alpha value is -2.76. The lowest BCUT2D eigenvalue weighted by molar-refractivity contribution is -0.139. The highest BCUT2D eigenvalue weighted by molar-refractivity contribution is 5.67. The molecule has 27 heavy (non-hydrogen) atoms. The number of hydrogen-bond acceptors (Lipinski definition) is 5. The molecule has 0 spiro atoms. The van der Waals surface area contributed by atoms with Gasteiger partial charge in [0.05, 0.1) is 20.1 Å². The Morgan fingerprint density at radius 1 is 1.22 bits per heavy atom. The molecule has 1 aromatic carbocycles. The molecule has 0 radical (unpaired) electrons. The van der Waals surface area contributed by atoms with E-state index in [1.807, 2.05) is 50.2 Å². The standard InChI is InChI=1S/C21H28N2O4/c1-21(2,15-20(24)25)14-16-8-9-17(18(13-16)26-3)27-12-6-11-23-19-7-4-5-10-22-19/h4-5,7-10,13H,6,11-12,14-15H2,1-3H3,(H,22,23)(H,24,25). The molecule has 0 saturated heterocycles. The first kappa shape index (κ1) is 20.6. The van der Waals surface area contributed by atoms with Crippen molar-refractivity contribution < 1.29 is 19.4 Å². The van der Waals surface area contributed by atoms with E-state index < -0.39 is 5.97 Å². The molecule has 2 aromatic rings. The Labute approximate surface area is 160 Å². The molecule has 0 unspecified atom stereocenters. The largest absolute Gasteiger partial charge is 0.493 e. The van der Waals surface area contributed by atoms with Gasteiger partial charge < -0.3 is 19.9 Å². The number of benzene rings is 1. The number of carbonyl (C=O) groups is 1. The third-order valence-electron chi connectivity index (χ3n) is 4.09. The van der Waals surface area contributed by atoms with Crippen molar-refractivity contribution in [3.05, 3.63) is 48.2 Å². The van der Waals surface area contributed by atoms with Crippen LogP contribution in [0.2, 0.25) is 0 Å². The van der Waals surface area contributed by atoms with E-state index in [0.29, 0.717) is 24.5 Å². The van der Waals surface area contributed by atoms with Gasteiger partial charge in [0.1, 0.15) is 5.82 Å². The van der Waals surface area contributed by atoms with Crippen LogP contribution in [0.3, 0.4) is 0 Å². The first-order chi connectivity index (χ1) is 12.9. The highest BCUT2D eigenvalue weighted by Gasteiger charge is 2.22. The topological polar surface area (TPSA) is 80.7 Å². The summed E-state index contributed by atoms with van der Waals surface area (Å²) in [5.41, 5.74) is 0.707. The van der Waals surface area contributed by atoms with Crippen LogP contribution in [0, 0.1) is 5.41 Å². The van der Waals surface area contributed by atoms with E-state index in [2.05, 4.69) is 10.3 Å². The Morgan fingerprint density at radius 2 is 2.04 bits per heavy atom. The van der Waals surface area contributed by atoms with Crippen LogP contribution in [-0.4, -0.2) is 36.3 Å². The number of ether oxygens (including phenoxy) is 2. The van der Waals surface area contributed by atoms with Gasteiger partial charge in [0, 0.05) is 12.7 Å². The van der Waals surface area contributed by atoms with Gasteiger partial charge in [0.2, 0.25) is 0 Å². The molecule has 0 atom stereocenters. The first-order valence-electron chi connectivity index (χ1n) is 9.06. The van der Waals surface area contributed by atoms with Crippen molar-refractivity contribution in [2.24, 2.45) is 5.41 Å². The molecular weight excluding hydrogens is 344 g/mol. The molecule has 6 heteroatoms. The minimum Gasteiger partial charge on any atom is -0.493 e. The van der Waals surface area contributed by atoms with E-state index in [4.69, 9.17) is 14.6 Å². The number of hydrogen-bond donors (Lipinski definition) is 2. The van der Waals surface area contributed by atoms with Gasteiger partial charge in [-0.15, -0.1) is 0 Å². The lowest BCUT2D eigenvalue weighted by Crippen LogP contribution is -2.19. The summed E-state index contributed by atoms with van der Waals surface area (Å²) in [6.45, 7) is 5.22. The van der Waals surface area contributed by atoms with Gasteiger partial charge in [-0.1, -0.05) is 26.0 Å². The van der Waals surface area contributed by atoms with Crippen LogP contribution >= 0.6 is 0 Å². The van der Waals surface area contributed by atoms with Crippen molar-refractivity contribution in [2.75, 3.05) is 25.6 Å². The van der Waals surface area contributed by atoms with Gasteiger partial charge in [-0.05, 0) is 48.1 Å². The summed E-state index contributed by atoms with van der Waals surface area (Å²) in [6.07, 6.45) is 3.36. The summed E-state index contributed by atoms with van der Waals surface area (Å²) in [6, 6.07) is 11.5. The highest BCUT2D eigenvalue weighted by atomic mass is 16.5. The normalized spacial score (nSPS) is 11.1. The van der Waals surface area contributed by atoms with Crippen molar-refractivity contribution in [3.8, 4) is 11.5 Å². The molecule has 0 aliphatic carbocycles. The Bertz CT molecular complexity index is 732. The number of anilines is 1. The van der Waals surface area contributed by atoms with Crippen LogP contribution < -0.4 is 14.8 Å². The van der Waals surface area contributed by atoms with E-state index in [0.717, 1.165) is 24.3 Å². The van der Waals surface area contributed by atoms with E-state index in [1.165, 1.54) is 0 Å². The van der Waals surface area contributed by atoms with Gasteiger partial charge in [0.25, 0.3) is 0 Å². The molecule has 0 aliphatic heterocycles. The second-order valence-corrected chi connectivity index (χ2v) is 7.24. The predicted octanol–water partition coefficient (Wildman–Crippen LogP) is 4.01. The number of aliphatic carboxylic acids is 1. The highest BCUT2D eigenvalue weighted by Crippen LogP contribution is 2.32. The maximum atomic E-state index is 11.0.